The Morgan fingerprint density at radius 1 is 1.31 bits per heavy atom. The molecule has 0 N–H and O–H groups in total. The Labute approximate surface area is 79.0 Å². The van der Waals surface area contributed by atoms with Crippen molar-refractivity contribution in [3.05, 3.63) is 0 Å². The lowest BCUT2D eigenvalue weighted by atomic mass is 10.1. The van der Waals surface area contributed by atoms with E-state index in [1.54, 1.807) is 0 Å². The van der Waals surface area contributed by atoms with Crippen molar-refractivity contribution in [2.24, 2.45) is 5.92 Å². The van der Waals surface area contributed by atoms with Crippen LogP contribution in [0.1, 0.15) is 25.7 Å². The molecule has 2 unspecified atom stereocenters. The van der Waals surface area contributed by atoms with Gasteiger partial charge in [0.25, 0.3) is 6.47 Å². The van der Waals surface area contributed by atoms with Crippen LogP contribution in [0.5, 0.6) is 0 Å². The van der Waals surface area contributed by atoms with Gasteiger partial charge in [0.1, 0.15) is 6.10 Å². The first-order chi connectivity index (χ1) is 6.40. The molecule has 3 nitrogen and oxygen atoms in total. The number of carbonyl (C=O) groups is 1. The fourth-order valence-electron chi connectivity index (χ4n) is 2.12. The number of hydrogen-bond acceptors (Lipinski definition) is 3. The van der Waals surface area contributed by atoms with Gasteiger partial charge in [0.05, 0.1) is 0 Å². The summed E-state index contributed by atoms with van der Waals surface area (Å²) in [6.45, 7) is 4.20. The minimum Gasteiger partial charge on any atom is -0.464 e. The van der Waals surface area contributed by atoms with Crippen LogP contribution in [0, 0.1) is 5.92 Å². The number of hydrogen-bond donors (Lipinski definition) is 0. The van der Waals surface area contributed by atoms with E-state index in [-0.39, 0.29) is 6.10 Å². The van der Waals surface area contributed by atoms with Gasteiger partial charge in [-0.1, -0.05) is 6.42 Å². The standard InChI is InChI=1S/C10H17NO2/c12-8-13-10-6-9(10)7-11-4-2-1-3-5-11/h8-10H,1-7H2. The van der Waals surface area contributed by atoms with Gasteiger partial charge < -0.3 is 9.64 Å². The minimum atomic E-state index is 0.236. The van der Waals surface area contributed by atoms with Gasteiger partial charge in [-0.15, -0.1) is 0 Å². The monoisotopic (exact) mass is 183 g/mol. The lowest BCUT2D eigenvalue weighted by molar-refractivity contribution is -0.130. The molecule has 13 heavy (non-hydrogen) atoms. The predicted octanol–water partition coefficient (Wildman–Crippen LogP) is 1.03. The molecule has 0 amide bonds. The Morgan fingerprint density at radius 3 is 2.77 bits per heavy atom. The van der Waals surface area contributed by atoms with Gasteiger partial charge >= 0.3 is 0 Å². The molecule has 0 aromatic heterocycles. The van der Waals surface area contributed by atoms with Crippen LogP contribution in [-0.2, 0) is 9.53 Å². The number of carbonyl (C=O) groups excluding carboxylic acids is 1. The summed E-state index contributed by atoms with van der Waals surface area (Å²) in [5.41, 5.74) is 0. The van der Waals surface area contributed by atoms with Crippen molar-refractivity contribution in [2.75, 3.05) is 19.6 Å². The fraction of sp³-hybridized carbons (Fsp3) is 0.900. The van der Waals surface area contributed by atoms with E-state index in [1.165, 1.54) is 32.4 Å². The first-order valence-corrected chi connectivity index (χ1v) is 5.21. The summed E-state index contributed by atoms with van der Waals surface area (Å²) >= 11 is 0. The van der Waals surface area contributed by atoms with Gasteiger partial charge in [0, 0.05) is 12.5 Å². The molecule has 1 saturated carbocycles. The summed E-state index contributed by atoms with van der Waals surface area (Å²) in [7, 11) is 0. The maximum Gasteiger partial charge on any atom is 0.293 e. The molecular weight excluding hydrogens is 166 g/mol. The molecular formula is C10H17NO2. The molecule has 0 aromatic rings. The van der Waals surface area contributed by atoms with Gasteiger partial charge in [0.15, 0.2) is 0 Å². The van der Waals surface area contributed by atoms with Crippen LogP contribution in [0.15, 0.2) is 0 Å². The van der Waals surface area contributed by atoms with Gasteiger partial charge in [-0.2, -0.15) is 0 Å². The third-order valence-corrected chi connectivity index (χ3v) is 3.03. The maximum absolute atomic E-state index is 10.1. The third-order valence-electron chi connectivity index (χ3n) is 3.03. The maximum atomic E-state index is 10.1. The average Bonchev–Trinajstić information content (AvgIpc) is 2.86. The van der Waals surface area contributed by atoms with Crippen molar-refractivity contribution in [2.45, 2.75) is 31.8 Å². The van der Waals surface area contributed by atoms with Gasteiger partial charge in [0.2, 0.25) is 0 Å². The van der Waals surface area contributed by atoms with Crippen molar-refractivity contribution >= 4 is 6.47 Å². The summed E-state index contributed by atoms with van der Waals surface area (Å²) in [6, 6.07) is 0. The highest BCUT2D eigenvalue weighted by molar-refractivity contribution is 5.38. The SMILES string of the molecule is O=COC1CC1CN1CCCCC1. The molecule has 1 heterocycles. The minimum absolute atomic E-state index is 0.236. The number of likely N-dealkylation sites (tertiary alicyclic amines) is 1. The van der Waals surface area contributed by atoms with Gasteiger partial charge in [-0.3, -0.25) is 4.79 Å². The summed E-state index contributed by atoms with van der Waals surface area (Å²) in [6.07, 6.45) is 5.38. The highest BCUT2D eigenvalue weighted by atomic mass is 16.5. The van der Waals surface area contributed by atoms with Gasteiger partial charge in [-0.25, -0.2) is 0 Å². The Morgan fingerprint density at radius 2 is 2.08 bits per heavy atom. The van der Waals surface area contributed by atoms with Crippen molar-refractivity contribution in [1.82, 2.24) is 4.90 Å². The third kappa shape index (κ3) is 2.44. The van der Waals surface area contributed by atoms with Gasteiger partial charge in [-0.05, 0) is 32.4 Å². The van der Waals surface area contributed by atoms with E-state index in [1.807, 2.05) is 0 Å². The predicted molar refractivity (Wildman–Crippen MR) is 49.3 cm³/mol. The molecule has 0 aromatic carbocycles. The van der Waals surface area contributed by atoms with E-state index in [4.69, 9.17) is 4.74 Å². The lowest BCUT2D eigenvalue weighted by Crippen LogP contribution is -2.32. The Balaban J connectivity index is 1.65. The number of nitrogens with zero attached hydrogens (tertiary/aromatic N) is 1. The van der Waals surface area contributed by atoms with Crippen LogP contribution >= 0.6 is 0 Å². The van der Waals surface area contributed by atoms with Crippen molar-refractivity contribution in [3.63, 3.8) is 0 Å². The topological polar surface area (TPSA) is 29.5 Å². The van der Waals surface area contributed by atoms with E-state index in [9.17, 15) is 4.79 Å². The molecule has 74 valence electrons. The fourth-order valence-corrected chi connectivity index (χ4v) is 2.12. The van der Waals surface area contributed by atoms with Crippen LogP contribution < -0.4 is 0 Å². The van der Waals surface area contributed by atoms with E-state index in [0.717, 1.165) is 13.0 Å². The Hall–Kier alpha value is -0.570. The van der Waals surface area contributed by atoms with Crippen molar-refractivity contribution < 1.29 is 9.53 Å². The van der Waals surface area contributed by atoms with E-state index in [2.05, 4.69) is 4.90 Å². The molecule has 0 bridgehead atoms. The molecule has 2 aliphatic rings. The Bertz CT molecular complexity index is 178. The molecule has 3 heteroatoms. The van der Waals surface area contributed by atoms with Crippen molar-refractivity contribution in [3.8, 4) is 0 Å². The highest BCUT2D eigenvalue weighted by Gasteiger charge is 2.40. The number of piperidine rings is 1. The molecule has 1 aliphatic heterocycles. The molecule has 1 aliphatic carbocycles. The second-order valence-corrected chi connectivity index (χ2v) is 4.13. The summed E-state index contributed by atoms with van der Waals surface area (Å²) in [4.78, 5) is 12.6. The first-order valence-electron chi connectivity index (χ1n) is 5.21. The first kappa shape index (κ1) is 9.00. The Kier molecular flexibility index (Phi) is 2.83. The van der Waals surface area contributed by atoms with E-state index < -0.39 is 0 Å². The van der Waals surface area contributed by atoms with Crippen molar-refractivity contribution in [1.29, 1.82) is 0 Å². The van der Waals surface area contributed by atoms with Crippen LogP contribution in [0.2, 0.25) is 0 Å². The number of ether oxygens (including phenoxy) is 1. The molecule has 0 spiro atoms. The molecule has 1 saturated heterocycles. The second-order valence-electron chi connectivity index (χ2n) is 4.13. The van der Waals surface area contributed by atoms with E-state index in [0.29, 0.717) is 12.4 Å². The summed E-state index contributed by atoms with van der Waals surface area (Å²) < 4.78 is 4.90. The average molecular weight is 183 g/mol. The largest absolute Gasteiger partial charge is 0.464 e. The smallest absolute Gasteiger partial charge is 0.293 e. The molecule has 2 fully saturated rings. The summed E-state index contributed by atoms with van der Waals surface area (Å²) in [5.74, 6) is 0.628. The molecule has 0 radical (unpaired) electrons. The lowest BCUT2D eigenvalue weighted by Gasteiger charge is -2.26. The highest BCUT2D eigenvalue weighted by Crippen LogP contribution is 2.34. The van der Waals surface area contributed by atoms with Crippen LogP contribution in [0.25, 0.3) is 0 Å². The molecule has 2 rings (SSSR count). The van der Waals surface area contributed by atoms with Crippen LogP contribution in [-0.4, -0.2) is 37.1 Å². The normalized spacial score (nSPS) is 34.2. The quantitative estimate of drug-likeness (QED) is 0.610. The van der Waals surface area contributed by atoms with Crippen LogP contribution in [0.3, 0.4) is 0 Å². The number of rotatable bonds is 4. The second kappa shape index (κ2) is 4.09. The summed E-state index contributed by atoms with van der Waals surface area (Å²) in [5, 5.41) is 0. The zero-order chi connectivity index (χ0) is 9.10. The zero-order valence-corrected chi connectivity index (χ0v) is 7.95. The zero-order valence-electron chi connectivity index (χ0n) is 7.95. The van der Waals surface area contributed by atoms with Crippen LogP contribution in [0.4, 0.5) is 0 Å². The van der Waals surface area contributed by atoms with E-state index >= 15 is 0 Å². The molecule has 2 atom stereocenters.